The number of nitrogens with one attached hydrogen (secondary N) is 1. The summed E-state index contributed by atoms with van der Waals surface area (Å²) >= 11 is 6.01. The van der Waals surface area contributed by atoms with Crippen LogP contribution in [-0.4, -0.2) is 23.1 Å². The Labute approximate surface area is 106 Å². The molecule has 2 rings (SSSR count). The summed E-state index contributed by atoms with van der Waals surface area (Å²) in [4.78, 5) is 20.2. The van der Waals surface area contributed by atoms with E-state index in [0.717, 1.165) is 6.42 Å². The van der Waals surface area contributed by atoms with Crippen LogP contribution in [0, 0.1) is 5.92 Å². The second-order valence-corrected chi connectivity index (χ2v) is 5.19. The van der Waals surface area contributed by atoms with Gasteiger partial charge in [-0.1, -0.05) is 31.4 Å². The van der Waals surface area contributed by atoms with E-state index in [1.54, 1.807) is 0 Å². The highest BCUT2D eigenvalue weighted by Crippen LogP contribution is 2.31. The fourth-order valence-corrected chi connectivity index (χ4v) is 2.89. The average molecular weight is 256 g/mol. The molecule has 1 aromatic rings. The summed E-state index contributed by atoms with van der Waals surface area (Å²) < 4.78 is 0. The lowest BCUT2D eigenvalue weighted by Crippen LogP contribution is -2.40. The van der Waals surface area contributed by atoms with Gasteiger partial charge in [-0.3, -0.25) is 4.79 Å². The number of hydrogen-bond acceptors (Lipinski definition) is 3. The normalized spacial score (nSPS) is 24.6. The standard InChI is InChI=1S/C12H18ClN3O/c1-8-5-3-4-6-9(8)16(2)11-10(13)12(17)15-7-14-11/h7-9H,3-6H2,1-2H3,(H,14,15,17). The van der Waals surface area contributed by atoms with Gasteiger partial charge in [0.2, 0.25) is 0 Å². The Hall–Kier alpha value is -1.03. The van der Waals surface area contributed by atoms with E-state index in [0.29, 0.717) is 17.8 Å². The highest BCUT2D eigenvalue weighted by molar-refractivity contribution is 6.32. The lowest BCUT2D eigenvalue weighted by atomic mass is 9.85. The van der Waals surface area contributed by atoms with Crippen LogP contribution < -0.4 is 10.5 Å². The van der Waals surface area contributed by atoms with Crippen LogP contribution in [0.25, 0.3) is 0 Å². The molecule has 0 spiro atoms. The Morgan fingerprint density at radius 1 is 1.47 bits per heavy atom. The highest BCUT2D eigenvalue weighted by atomic mass is 35.5. The second-order valence-electron chi connectivity index (χ2n) is 4.81. The molecule has 1 fully saturated rings. The molecule has 0 aromatic carbocycles. The zero-order valence-electron chi connectivity index (χ0n) is 10.2. The number of aromatic nitrogens is 2. The number of rotatable bonds is 2. The minimum atomic E-state index is -0.271. The largest absolute Gasteiger partial charge is 0.355 e. The molecule has 2 unspecified atom stereocenters. The van der Waals surface area contributed by atoms with E-state index in [1.807, 2.05) is 7.05 Å². The zero-order valence-corrected chi connectivity index (χ0v) is 11.0. The van der Waals surface area contributed by atoms with Crippen LogP contribution in [0.1, 0.15) is 32.6 Å². The van der Waals surface area contributed by atoms with Crippen molar-refractivity contribution in [2.24, 2.45) is 5.92 Å². The van der Waals surface area contributed by atoms with E-state index in [-0.39, 0.29) is 10.6 Å². The van der Waals surface area contributed by atoms with Gasteiger partial charge in [0, 0.05) is 13.1 Å². The maximum atomic E-state index is 11.5. The predicted octanol–water partition coefficient (Wildman–Crippen LogP) is 2.44. The second kappa shape index (κ2) is 5.08. The van der Waals surface area contributed by atoms with Crippen molar-refractivity contribution in [3.05, 3.63) is 21.7 Å². The average Bonchev–Trinajstić information content (AvgIpc) is 2.32. The molecule has 1 aromatic heterocycles. The molecule has 0 saturated heterocycles. The van der Waals surface area contributed by atoms with Gasteiger partial charge in [0.15, 0.2) is 5.82 Å². The summed E-state index contributed by atoms with van der Waals surface area (Å²) in [5.41, 5.74) is -0.271. The maximum Gasteiger partial charge on any atom is 0.271 e. The smallest absolute Gasteiger partial charge is 0.271 e. The minimum Gasteiger partial charge on any atom is -0.355 e. The van der Waals surface area contributed by atoms with Crippen molar-refractivity contribution in [1.82, 2.24) is 9.97 Å². The number of H-pyrrole nitrogens is 1. The molecule has 1 aliphatic carbocycles. The van der Waals surface area contributed by atoms with Gasteiger partial charge in [-0.2, -0.15) is 0 Å². The summed E-state index contributed by atoms with van der Waals surface area (Å²) in [6.45, 7) is 2.25. The lowest BCUT2D eigenvalue weighted by Gasteiger charge is -2.37. The third-order valence-electron chi connectivity index (χ3n) is 3.68. The van der Waals surface area contributed by atoms with Gasteiger partial charge < -0.3 is 9.88 Å². The summed E-state index contributed by atoms with van der Waals surface area (Å²) in [5.74, 6) is 1.21. The fourth-order valence-electron chi connectivity index (χ4n) is 2.65. The van der Waals surface area contributed by atoms with E-state index in [9.17, 15) is 4.79 Å². The molecule has 1 heterocycles. The summed E-state index contributed by atoms with van der Waals surface area (Å²) in [5, 5.41) is 0.188. The topological polar surface area (TPSA) is 49.0 Å². The quantitative estimate of drug-likeness (QED) is 0.883. The highest BCUT2D eigenvalue weighted by Gasteiger charge is 2.27. The predicted molar refractivity (Wildman–Crippen MR) is 69.7 cm³/mol. The Kier molecular flexibility index (Phi) is 3.72. The molecule has 5 heteroatoms. The Morgan fingerprint density at radius 3 is 2.88 bits per heavy atom. The van der Waals surface area contributed by atoms with Crippen LogP contribution in [0.4, 0.5) is 5.82 Å². The first kappa shape index (κ1) is 12.4. The molecule has 4 nitrogen and oxygen atoms in total. The molecular weight excluding hydrogens is 238 g/mol. The van der Waals surface area contributed by atoms with Crippen molar-refractivity contribution < 1.29 is 0 Å². The van der Waals surface area contributed by atoms with E-state index in [2.05, 4.69) is 21.8 Å². The molecule has 0 amide bonds. The summed E-state index contributed by atoms with van der Waals surface area (Å²) in [6, 6.07) is 0.426. The molecule has 1 saturated carbocycles. The van der Waals surface area contributed by atoms with Crippen LogP contribution >= 0.6 is 11.6 Å². The first-order chi connectivity index (χ1) is 8.11. The van der Waals surface area contributed by atoms with Gasteiger partial charge in [-0.25, -0.2) is 4.98 Å². The molecule has 1 aliphatic rings. The first-order valence-electron chi connectivity index (χ1n) is 6.07. The molecule has 0 bridgehead atoms. The Balaban J connectivity index is 2.26. The van der Waals surface area contributed by atoms with E-state index >= 15 is 0 Å². The molecule has 1 N–H and O–H groups in total. The molecule has 94 valence electrons. The molecule has 0 radical (unpaired) electrons. The summed E-state index contributed by atoms with van der Waals surface area (Å²) in [7, 11) is 1.97. The third kappa shape index (κ3) is 2.46. The number of halogens is 1. The van der Waals surface area contributed by atoms with Gasteiger partial charge in [0.1, 0.15) is 5.02 Å². The van der Waals surface area contributed by atoms with Gasteiger partial charge in [-0.15, -0.1) is 0 Å². The maximum absolute atomic E-state index is 11.5. The SMILES string of the molecule is CC1CCCCC1N(C)c1nc[nH]c(=O)c1Cl. The van der Waals surface area contributed by atoms with Crippen molar-refractivity contribution in [2.75, 3.05) is 11.9 Å². The summed E-state index contributed by atoms with van der Waals surface area (Å²) in [6.07, 6.45) is 6.31. The van der Waals surface area contributed by atoms with Crippen LogP contribution in [-0.2, 0) is 0 Å². The van der Waals surface area contributed by atoms with Crippen molar-refractivity contribution in [1.29, 1.82) is 0 Å². The van der Waals surface area contributed by atoms with E-state index in [1.165, 1.54) is 25.6 Å². The van der Waals surface area contributed by atoms with Crippen LogP contribution in [0.15, 0.2) is 11.1 Å². The molecule has 2 atom stereocenters. The molecule has 0 aliphatic heterocycles. The van der Waals surface area contributed by atoms with Crippen LogP contribution in [0.5, 0.6) is 0 Å². The van der Waals surface area contributed by atoms with E-state index in [4.69, 9.17) is 11.6 Å². The van der Waals surface area contributed by atoms with Crippen molar-refractivity contribution in [3.8, 4) is 0 Å². The Bertz CT molecular complexity index is 446. The van der Waals surface area contributed by atoms with Gasteiger partial charge in [0.05, 0.1) is 6.33 Å². The van der Waals surface area contributed by atoms with Gasteiger partial charge >= 0.3 is 0 Å². The van der Waals surface area contributed by atoms with Gasteiger partial charge in [-0.05, 0) is 18.8 Å². The van der Waals surface area contributed by atoms with Gasteiger partial charge in [0.25, 0.3) is 5.56 Å². The van der Waals surface area contributed by atoms with Crippen molar-refractivity contribution in [3.63, 3.8) is 0 Å². The number of anilines is 1. The molecule has 17 heavy (non-hydrogen) atoms. The zero-order chi connectivity index (χ0) is 12.4. The minimum absolute atomic E-state index is 0.188. The van der Waals surface area contributed by atoms with E-state index < -0.39 is 0 Å². The molecular formula is C12H18ClN3O. The number of nitrogens with zero attached hydrogens (tertiary/aromatic N) is 2. The number of hydrogen-bond donors (Lipinski definition) is 1. The van der Waals surface area contributed by atoms with Crippen LogP contribution in [0.2, 0.25) is 5.02 Å². The van der Waals surface area contributed by atoms with Crippen LogP contribution in [0.3, 0.4) is 0 Å². The van der Waals surface area contributed by atoms with Crippen molar-refractivity contribution in [2.45, 2.75) is 38.6 Å². The fraction of sp³-hybridized carbons (Fsp3) is 0.667. The number of aromatic amines is 1. The Morgan fingerprint density at radius 2 is 2.18 bits per heavy atom. The lowest BCUT2D eigenvalue weighted by molar-refractivity contribution is 0.320. The van der Waals surface area contributed by atoms with Crippen molar-refractivity contribution >= 4 is 17.4 Å². The first-order valence-corrected chi connectivity index (χ1v) is 6.45. The monoisotopic (exact) mass is 255 g/mol. The third-order valence-corrected chi connectivity index (χ3v) is 4.02.